The van der Waals surface area contributed by atoms with Crippen LogP contribution in [0.5, 0.6) is 0 Å². The summed E-state index contributed by atoms with van der Waals surface area (Å²) >= 11 is 0. The van der Waals surface area contributed by atoms with Gasteiger partial charge in [-0.05, 0) is 36.5 Å². The Balaban J connectivity index is 1.95. The van der Waals surface area contributed by atoms with E-state index in [1.54, 1.807) is 0 Å². The van der Waals surface area contributed by atoms with Crippen LogP contribution in [0.1, 0.15) is 18.4 Å². The molecule has 4 heteroatoms. The van der Waals surface area contributed by atoms with Gasteiger partial charge in [-0.15, -0.1) is 0 Å². The molecule has 1 saturated heterocycles. The third kappa shape index (κ3) is 3.41. The molecule has 17 heavy (non-hydrogen) atoms. The molecule has 0 saturated carbocycles. The molecule has 2 heterocycles. The number of aromatic nitrogens is 1. The number of pyridine rings is 1. The molecule has 1 aliphatic rings. The van der Waals surface area contributed by atoms with Gasteiger partial charge >= 0.3 is 0 Å². The van der Waals surface area contributed by atoms with Gasteiger partial charge in [0.15, 0.2) is 0 Å². The lowest BCUT2D eigenvalue weighted by Gasteiger charge is -2.27. The summed E-state index contributed by atoms with van der Waals surface area (Å²) in [6.45, 7) is 3.41. The van der Waals surface area contributed by atoms with Crippen molar-refractivity contribution in [3.63, 3.8) is 0 Å². The second-order valence-corrected chi connectivity index (χ2v) is 4.66. The third-order valence-corrected chi connectivity index (χ3v) is 3.31. The van der Waals surface area contributed by atoms with Gasteiger partial charge in [0.05, 0.1) is 0 Å². The summed E-state index contributed by atoms with van der Waals surface area (Å²) in [5, 5.41) is 0. The Bertz CT molecular complexity index is 350. The van der Waals surface area contributed by atoms with Crippen LogP contribution in [0.4, 0.5) is 5.82 Å². The highest BCUT2D eigenvalue weighted by molar-refractivity contribution is 5.40. The molecule has 0 aromatic carbocycles. The molecule has 1 aromatic heterocycles. The highest BCUT2D eigenvalue weighted by Crippen LogP contribution is 2.19. The summed E-state index contributed by atoms with van der Waals surface area (Å²) in [4.78, 5) is 6.61. The van der Waals surface area contributed by atoms with E-state index in [2.05, 4.69) is 23.0 Å². The van der Waals surface area contributed by atoms with Crippen LogP contribution in [0.15, 0.2) is 18.3 Å². The monoisotopic (exact) mass is 235 g/mol. The zero-order chi connectivity index (χ0) is 12.1. The van der Waals surface area contributed by atoms with Crippen LogP contribution in [-0.2, 0) is 11.3 Å². The lowest BCUT2D eigenvalue weighted by Crippen LogP contribution is -2.30. The Morgan fingerprint density at radius 3 is 2.94 bits per heavy atom. The second kappa shape index (κ2) is 5.98. The Morgan fingerprint density at radius 2 is 2.24 bits per heavy atom. The van der Waals surface area contributed by atoms with Crippen LogP contribution >= 0.6 is 0 Å². The highest BCUT2D eigenvalue weighted by atomic mass is 16.5. The summed E-state index contributed by atoms with van der Waals surface area (Å²) in [5.41, 5.74) is 6.77. The maximum Gasteiger partial charge on any atom is 0.128 e. The molecule has 4 nitrogen and oxygen atoms in total. The van der Waals surface area contributed by atoms with Crippen LogP contribution in [0.2, 0.25) is 0 Å². The Hall–Kier alpha value is -1.13. The first-order valence-corrected chi connectivity index (χ1v) is 6.23. The largest absolute Gasteiger partial charge is 0.381 e. The number of hydrogen-bond donors (Lipinski definition) is 1. The van der Waals surface area contributed by atoms with E-state index in [4.69, 9.17) is 10.5 Å². The predicted molar refractivity (Wildman–Crippen MR) is 68.9 cm³/mol. The molecule has 2 N–H and O–H groups in total. The minimum Gasteiger partial charge on any atom is -0.381 e. The molecule has 0 amide bonds. The highest BCUT2D eigenvalue weighted by Gasteiger charge is 2.16. The van der Waals surface area contributed by atoms with Crippen molar-refractivity contribution in [2.24, 2.45) is 11.7 Å². The van der Waals surface area contributed by atoms with Crippen molar-refractivity contribution in [2.45, 2.75) is 19.4 Å². The quantitative estimate of drug-likeness (QED) is 0.857. The lowest BCUT2D eigenvalue weighted by molar-refractivity contribution is 0.0685. The summed E-state index contributed by atoms with van der Waals surface area (Å²) in [7, 11) is 2.10. The van der Waals surface area contributed by atoms with Gasteiger partial charge in [0.25, 0.3) is 0 Å². The van der Waals surface area contributed by atoms with E-state index in [1.165, 1.54) is 0 Å². The van der Waals surface area contributed by atoms with Crippen LogP contribution in [0, 0.1) is 5.92 Å². The number of hydrogen-bond acceptors (Lipinski definition) is 4. The average molecular weight is 235 g/mol. The first kappa shape index (κ1) is 12.3. The van der Waals surface area contributed by atoms with Gasteiger partial charge in [-0.3, -0.25) is 0 Å². The smallest absolute Gasteiger partial charge is 0.128 e. The van der Waals surface area contributed by atoms with E-state index in [9.17, 15) is 0 Å². The van der Waals surface area contributed by atoms with E-state index >= 15 is 0 Å². The van der Waals surface area contributed by atoms with Gasteiger partial charge in [-0.1, -0.05) is 0 Å². The van der Waals surface area contributed by atoms with Crippen LogP contribution in [0.3, 0.4) is 0 Å². The zero-order valence-electron chi connectivity index (χ0n) is 10.4. The molecule has 1 fully saturated rings. The second-order valence-electron chi connectivity index (χ2n) is 4.66. The Labute approximate surface area is 103 Å². The number of nitrogens with zero attached hydrogens (tertiary/aromatic N) is 2. The standard InChI is InChI=1S/C13H21N3O/c1-16(10-11-3-6-17-7-4-11)13-8-12(9-14)2-5-15-13/h2,5,8,11H,3-4,6-7,9-10,14H2,1H3. The molecule has 0 aliphatic carbocycles. The van der Waals surface area contributed by atoms with Gasteiger partial charge in [0.2, 0.25) is 0 Å². The number of rotatable bonds is 4. The van der Waals surface area contributed by atoms with Crippen molar-refractivity contribution < 1.29 is 4.74 Å². The minimum absolute atomic E-state index is 0.570. The van der Waals surface area contributed by atoms with E-state index in [1.807, 2.05) is 12.3 Å². The van der Waals surface area contributed by atoms with Crippen LogP contribution < -0.4 is 10.6 Å². The van der Waals surface area contributed by atoms with Crippen molar-refractivity contribution in [3.8, 4) is 0 Å². The molecule has 0 bridgehead atoms. The lowest BCUT2D eigenvalue weighted by atomic mass is 10.00. The number of nitrogens with two attached hydrogens (primary N) is 1. The molecule has 2 rings (SSSR count). The molecule has 94 valence electrons. The van der Waals surface area contributed by atoms with E-state index < -0.39 is 0 Å². The topological polar surface area (TPSA) is 51.4 Å². The summed E-state index contributed by atoms with van der Waals surface area (Å²) in [5.74, 6) is 1.73. The maximum atomic E-state index is 5.64. The molecular weight excluding hydrogens is 214 g/mol. The van der Waals surface area contributed by atoms with Crippen molar-refractivity contribution in [2.75, 3.05) is 31.7 Å². The third-order valence-electron chi connectivity index (χ3n) is 3.31. The van der Waals surface area contributed by atoms with Crippen LogP contribution in [0.25, 0.3) is 0 Å². The molecule has 0 unspecified atom stereocenters. The van der Waals surface area contributed by atoms with Gasteiger partial charge in [0.1, 0.15) is 5.82 Å². The van der Waals surface area contributed by atoms with Crippen LogP contribution in [-0.4, -0.2) is 31.8 Å². The molecule has 1 aliphatic heterocycles. The summed E-state index contributed by atoms with van der Waals surface area (Å²) < 4.78 is 5.37. The fourth-order valence-corrected chi connectivity index (χ4v) is 2.21. The maximum absolute atomic E-state index is 5.64. The first-order valence-electron chi connectivity index (χ1n) is 6.23. The normalized spacial score (nSPS) is 17.1. The Kier molecular flexibility index (Phi) is 4.34. The average Bonchev–Trinajstić information content (AvgIpc) is 2.40. The fraction of sp³-hybridized carbons (Fsp3) is 0.615. The number of ether oxygens (including phenoxy) is 1. The minimum atomic E-state index is 0.570. The molecule has 0 spiro atoms. The summed E-state index contributed by atoms with van der Waals surface area (Å²) in [6, 6.07) is 4.03. The zero-order valence-corrected chi connectivity index (χ0v) is 10.4. The molecule has 1 aromatic rings. The van der Waals surface area contributed by atoms with Gasteiger partial charge < -0.3 is 15.4 Å². The van der Waals surface area contributed by atoms with Crippen molar-refractivity contribution >= 4 is 5.82 Å². The first-order chi connectivity index (χ1) is 8.29. The molecule has 0 radical (unpaired) electrons. The summed E-state index contributed by atoms with van der Waals surface area (Å²) in [6.07, 6.45) is 4.14. The fourth-order valence-electron chi connectivity index (χ4n) is 2.21. The van der Waals surface area contributed by atoms with Crippen molar-refractivity contribution in [1.29, 1.82) is 0 Å². The molecule has 0 atom stereocenters. The van der Waals surface area contributed by atoms with E-state index in [0.29, 0.717) is 6.54 Å². The number of anilines is 1. The van der Waals surface area contributed by atoms with E-state index in [0.717, 1.165) is 49.9 Å². The van der Waals surface area contributed by atoms with Crippen molar-refractivity contribution in [1.82, 2.24) is 4.98 Å². The van der Waals surface area contributed by atoms with Gasteiger partial charge in [-0.25, -0.2) is 4.98 Å². The molecular formula is C13H21N3O. The SMILES string of the molecule is CN(CC1CCOCC1)c1cc(CN)ccn1. The van der Waals surface area contributed by atoms with E-state index in [-0.39, 0.29) is 0 Å². The van der Waals surface area contributed by atoms with Gasteiger partial charge in [0, 0.05) is 39.5 Å². The van der Waals surface area contributed by atoms with Gasteiger partial charge in [-0.2, -0.15) is 0 Å². The Morgan fingerprint density at radius 1 is 1.47 bits per heavy atom. The van der Waals surface area contributed by atoms with Crippen molar-refractivity contribution in [3.05, 3.63) is 23.9 Å². The predicted octanol–water partition coefficient (Wildman–Crippen LogP) is 1.40.